The summed E-state index contributed by atoms with van der Waals surface area (Å²) in [5.41, 5.74) is 6.61. The summed E-state index contributed by atoms with van der Waals surface area (Å²) in [7, 11) is 0. The van der Waals surface area contributed by atoms with E-state index in [4.69, 9.17) is 5.73 Å². The van der Waals surface area contributed by atoms with Crippen molar-refractivity contribution in [1.29, 1.82) is 0 Å². The average molecular weight is 233 g/mol. The zero-order valence-electron chi connectivity index (χ0n) is 9.98. The van der Waals surface area contributed by atoms with Gasteiger partial charge in [0, 0.05) is 25.5 Å². The van der Waals surface area contributed by atoms with Crippen molar-refractivity contribution >= 4 is 5.91 Å². The van der Waals surface area contributed by atoms with Gasteiger partial charge in [0.1, 0.15) is 0 Å². The first-order chi connectivity index (χ1) is 8.27. The number of amides is 1. The molecule has 0 radical (unpaired) electrons. The number of pyridine rings is 1. The highest BCUT2D eigenvalue weighted by atomic mass is 16.2. The molecule has 0 spiro atoms. The Morgan fingerprint density at radius 1 is 1.41 bits per heavy atom. The molecule has 0 aromatic carbocycles. The van der Waals surface area contributed by atoms with E-state index in [1.165, 1.54) is 5.56 Å². The highest BCUT2D eigenvalue weighted by Crippen LogP contribution is 2.39. The van der Waals surface area contributed by atoms with Crippen molar-refractivity contribution in [3.8, 4) is 0 Å². The molecule has 0 saturated heterocycles. The van der Waals surface area contributed by atoms with Gasteiger partial charge in [-0.2, -0.15) is 0 Å². The first-order valence-corrected chi connectivity index (χ1v) is 6.14. The van der Waals surface area contributed by atoms with Crippen molar-refractivity contribution in [2.75, 3.05) is 13.1 Å². The van der Waals surface area contributed by atoms with Gasteiger partial charge in [0.2, 0.25) is 5.91 Å². The van der Waals surface area contributed by atoms with Gasteiger partial charge < -0.3 is 11.1 Å². The van der Waals surface area contributed by atoms with E-state index in [9.17, 15) is 4.79 Å². The Bertz CT molecular complexity index is 368. The lowest BCUT2D eigenvalue weighted by Gasteiger charge is -2.39. The van der Waals surface area contributed by atoms with Crippen molar-refractivity contribution < 1.29 is 4.79 Å². The third kappa shape index (κ3) is 2.64. The van der Waals surface area contributed by atoms with E-state index >= 15 is 0 Å². The summed E-state index contributed by atoms with van der Waals surface area (Å²) < 4.78 is 0. The Labute approximate surface area is 102 Å². The van der Waals surface area contributed by atoms with Crippen LogP contribution >= 0.6 is 0 Å². The molecule has 3 N–H and O–H groups in total. The van der Waals surface area contributed by atoms with Crippen molar-refractivity contribution in [2.24, 2.45) is 11.1 Å². The second-order valence-corrected chi connectivity index (χ2v) is 4.70. The van der Waals surface area contributed by atoms with Gasteiger partial charge in [0.05, 0.1) is 5.41 Å². The molecule has 1 fully saturated rings. The number of nitrogens with one attached hydrogen (secondary N) is 1. The summed E-state index contributed by atoms with van der Waals surface area (Å²) >= 11 is 0. The third-order valence-corrected chi connectivity index (χ3v) is 3.63. The maximum absolute atomic E-state index is 12.0. The van der Waals surface area contributed by atoms with Gasteiger partial charge in [0.25, 0.3) is 0 Å². The van der Waals surface area contributed by atoms with Crippen LogP contribution in [0, 0.1) is 5.41 Å². The molecule has 0 bridgehead atoms. The van der Waals surface area contributed by atoms with Crippen molar-refractivity contribution in [3.63, 3.8) is 0 Å². The van der Waals surface area contributed by atoms with Crippen LogP contribution in [-0.2, 0) is 11.2 Å². The maximum atomic E-state index is 12.0. The Morgan fingerprint density at radius 2 is 2.12 bits per heavy atom. The second-order valence-electron chi connectivity index (χ2n) is 4.70. The summed E-state index contributed by atoms with van der Waals surface area (Å²) in [6, 6.07) is 3.93. The smallest absolute Gasteiger partial charge is 0.227 e. The molecule has 2 rings (SSSR count). The summed E-state index contributed by atoms with van der Waals surface area (Å²) in [5.74, 6) is 0.125. The van der Waals surface area contributed by atoms with Crippen LogP contribution in [0.4, 0.5) is 0 Å². The molecule has 4 heteroatoms. The minimum absolute atomic E-state index is 0.125. The number of nitrogens with two attached hydrogens (primary N) is 1. The molecule has 17 heavy (non-hydrogen) atoms. The Morgan fingerprint density at radius 3 is 2.65 bits per heavy atom. The fourth-order valence-corrected chi connectivity index (χ4v) is 2.18. The quantitative estimate of drug-likeness (QED) is 0.793. The van der Waals surface area contributed by atoms with Crippen LogP contribution in [0.3, 0.4) is 0 Å². The molecule has 92 valence electrons. The summed E-state index contributed by atoms with van der Waals surface area (Å²) in [6.45, 7) is 1.14. The number of nitrogens with zero attached hydrogens (tertiary/aromatic N) is 1. The van der Waals surface area contributed by atoms with Crippen molar-refractivity contribution in [1.82, 2.24) is 10.3 Å². The first-order valence-electron chi connectivity index (χ1n) is 6.14. The number of carbonyl (C=O) groups is 1. The molecule has 0 atom stereocenters. The monoisotopic (exact) mass is 233 g/mol. The highest BCUT2D eigenvalue weighted by Gasteiger charge is 2.42. The van der Waals surface area contributed by atoms with Crippen LogP contribution in [0.2, 0.25) is 0 Å². The maximum Gasteiger partial charge on any atom is 0.227 e. The Hall–Kier alpha value is -1.42. The van der Waals surface area contributed by atoms with Gasteiger partial charge in [-0.1, -0.05) is 6.42 Å². The predicted molar refractivity (Wildman–Crippen MR) is 66.3 cm³/mol. The lowest BCUT2D eigenvalue weighted by atomic mass is 9.68. The fourth-order valence-electron chi connectivity index (χ4n) is 2.18. The van der Waals surface area contributed by atoms with Crippen LogP contribution in [-0.4, -0.2) is 24.0 Å². The van der Waals surface area contributed by atoms with Crippen LogP contribution in [0.15, 0.2) is 24.5 Å². The predicted octanol–water partition coefficient (Wildman–Crippen LogP) is 0.869. The molecular formula is C13H19N3O. The van der Waals surface area contributed by atoms with Crippen LogP contribution in [0.5, 0.6) is 0 Å². The average Bonchev–Trinajstić information content (AvgIpc) is 2.30. The van der Waals surface area contributed by atoms with E-state index in [0.717, 1.165) is 25.7 Å². The van der Waals surface area contributed by atoms with Gasteiger partial charge >= 0.3 is 0 Å². The van der Waals surface area contributed by atoms with E-state index < -0.39 is 0 Å². The number of rotatable bonds is 5. The summed E-state index contributed by atoms with van der Waals surface area (Å²) in [6.07, 6.45) is 7.37. The largest absolute Gasteiger partial charge is 0.355 e. The molecule has 1 aromatic heterocycles. The molecule has 1 aliphatic carbocycles. The standard InChI is InChI=1S/C13H19N3O/c14-10-13(5-1-6-13)12(17)16-9-4-11-2-7-15-8-3-11/h2-3,7-8H,1,4-6,9-10,14H2,(H,16,17). The van der Waals surface area contributed by atoms with Gasteiger partial charge in [-0.05, 0) is 37.0 Å². The van der Waals surface area contributed by atoms with E-state index in [-0.39, 0.29) is 11.3 Å². The molecule has 1 aliphatic rings. The van der Waals surface area contributed by atoms with Gasteiger partial charge in [-0.25, -0.2) is 0 Å². The lowest BCUT2D eigenvalue weighted by molar-refractivity contribution is -0.135. The summed E-state index contributed by atoms with van der Waals surface area (Å²) in [4.78, 5) is 15.9. The minimum atomic E-state index is -0.266. The number of aromatic nitrogens is 1. The van der Waals surface area contributed by atoms with Crippen molar-refractivity contribution in [2.45, 2.75) is 25.7 Å². The van der Waals surface area contributed by atoms with E-state index in [0.29, 0.717) is 13.1 Å². The molecule has 1 saturated carbocycles. The number of hydrogen-bond acceptors (Lipinski definition) is 3. The van der Waals surface area contributed by atoms with Crippen LogP contribution in [0.25, 0.3) is 0 Å². The lowest BCUT2D eigenvalue weighted by Crippen LogP contribution is -2.50. The Balaban J connectivity index is 1.77. The summed E-state index contributed by atoms with van der Waals surface area (Å²) in [5, 5.41) is 2.99. The molecule has 0 aliphatic heterocycles. The van der Waals surface area contributed by atoms with E-state index in [1.54, 1.807) is 12.4 Å². The topological polar surface area (TPSA) is 68.0 Å². The Kier molecular flexibility index (Phi) is 3.74. The molecule has 1 amide bonds. The number of carbonyl (C=O) groups excluding carboxylic acids is 1. The SMILES string of the molecule is NCC1(C(=O)NCCc2ccncc2)CCC1. The van der Waals surface area contributed by atoms with E-state index in [2.05, 4.69) is 10.3 Å². The molecule has 0 unspecified atom stereocenters. The van der Waals surface area contributed by atoms with Crippen LogP contribution < -0.4 is 11.1 Å². The fraction of sp³-hybridized carbons (Fsp3) is 0.538. The minimum Gasteiger partial charge on any atom is -0.355 e. The first kappa shape index (κ1) is 12.0. The third-order valence-electron chi connectivity index (χ3n) is 3.63. The van der Waals surface area contributed by atoms with Crippen LogP contribution in [0.1, 0.15) is 24.8 Å². The molecule has 4 nitrogen and oxygen atoms in total. The zero-order valence-corrected chi connectivity index (χ0v) is 9.98. The van der Waals surface area contributed by atoms with Crippen molar-refractivity contribution in [3.05, 3.63) is 30.1 Å². The van der Waals surface area contributed by atoms with Gasteiger partial charge in [-0.3, -0.25) is 9.78 Å². The molecule has 1 aromatic rings. The zero-order chi connectivity index (χ0) is 12.1. The molecular weight excluding hydrogens is 214 g/mol. The van der Waals surface area contributed by atoms with Gasteiger partial charge in [0.15, 0.2) is 0 Å². The van der Waals surface area contributed by atoms with E-state index in [1.807, 2.05) is 12.1 Å². The molecule has 1 heterocycles. The normalized spacial score (nSPS) is 17.2. The highest BCUT2D eigenvalue weighted by molar-refractivity contribution is 5.83. The van der Waals surface area contributed by atoms with Gasteiger partial charge in [-0.15, -0.1) is 0 Å². The number of hydrogen-bond donors (Lipinski definition) is 2. The second kappa shape index (κ2) is 5.27.